The summed E-state index contributed by atoms with van der Waals surface area (Å²) < 4.78 is 5.96. The molecule has 0 aliphatic carbocycles. The Kier molecular flexibility index (Phi) is 7.94. The Morgan fingerprint density at radius 1 is 1.14 bits per heavy atom. The maximum absolute atomic E-state index is 5.96. The van der Waals surface area contributed by atoms with Crippen LogP contribution in [-0.4, -0.2) is 51.2 Å². The van der Waals surface area contributed by atoms with Crippen LogP contribution in [0.4, 0.5) is 5.69 Å². The molecule has 1 aliphatic rings. The second kappa shape index (κ2) is 10.9. The van der Waals surface area contributed by atoms with Crippen LogP contribution in [0.1, 0.15) is 24.5 Å². The Morgan fingerprint density at radius 3 is 2.69 bits per heavy atom. The molecule has 0 spiro atoms. The molecule has 1 atom stereocenters. The van der Waals surface area contributed by atoms with Crippen molar-refractivity contribution in [2.45, 2.75) is 26.5 Å². The van der Waals surface area contributed by atoms with E-state index in [9.17, 15) is 0 Å². The Bertz CT molecular complexity index is 775. The van der Waals surface area contributed by atoms with Crippen molar-refractivity contribution >= 4 is 11.6 Å². The van der Waals surface area contributed by atoms with E-state index >= 15 is 0 Å². The fraction of sp³-hybridized carbons (Fsp3) is 0.458. The van der Waals surface area contributed by atoms with Crippen molar-refractivity contribution in [1.29, 1.82) is 0 Å². The molecule has 29 heavy (non-hydrogen) atoms. The highest BCUT2D eigenvalue weighted by atomic mass is 16.5. The van der Waals surface area contributed by atoms with Crippen LogP contribution in [-0.2, 0) is 17.9 Å². The zero-order chi connectivity index (χ0) is 20.5. The lowest BCUT2D eigenvalue weighted by Gasteiger charge is -2.22. The van der Waals surface area contributed by atoms with Crippen LogP contribution in [0.3, 0.4) is 0 Å². The molecule has 0 amide bonds. The highest BCUT2D eigenvalue weighted by Crippen LogP contribution is 2.18. The molecule has 2 aromatic rings. The van der Waals surface area contributed by atoms with E-state index in [4.69, 9.17) is 9.73 Å². The molecule has 1 fully saturated rings. The normalized spacial score (nSPS) is 16.9. The van der Waals surface area contributed by atoms with E-state index in [0.29, 0.717) is 19.1 Å². The number of nitrogens with zero attached hydrogens (tertiary/aromatic N) is 3. The highest BCUT2D eigenvalue weighted by Gasteiger charge is 2.25. The molecule has 0 aromatic heterocycles. The maximum atomic E-state index is 5.96. The number of anilines is 1. The second-order valence-corrected chi connectivity index (χ2v) is 7.84. The minimum Gasteiger partial charge on any atom is -0.378 e. The van der Waals surface area contributed by atoms with Gasteiger partial charge in [0.1, 0.15) is 0 Å². The standard InChI is InChI=1S/C24H34N4O/c1-4-25-24(26-16-21-11-8-12-23(15-21)27(2)3)28-14-13-22(17-28)19-29-18-20-9-6-5-7-10-20/h5-12,15,22H,4,13-14,16-19H2,1-3H3,(H,25,26). The number of guanidine groups is 1. The molecule has 1 aliphatic heterocycles. The largest absolute Gasteiger partial charge is 0.378 e. The first-order chi connectivity index (χ1) is 14.2. The lowest BCUT2D eigenvalue weighted by atomic mass is 10.1. The average molecular weight is 395 g/mol. The quantitative estimate of drug-likeness (QED) is 0.547. The lowest BCUT2D eigenvalue weighted by Crippen LogP contribution is -2.40. The summed E-state index contributed by atoms with van der Waals surface area (Å²) in [4.78, 5) is 9.40. The topological polar surface area (TPSA) is 40.1 Å². The van der Waals surface area contributed by atoms with Gasteiger partial charge in [-0.15, -0.1) is 0 Å². The van der Waals surface area contributed by atoms with Crippen LogP contribution in [0.15, 0.2) is 59.6 Å². The van der Waals surface area contributed by atoms with Gasteiger partial charge in [0.2, 0.25) is 0 Å². The third-order valence-corrected chi connectivity index (χ3v) is 5.22. The number of ether oxygens (including phenoxy) is 1. The van der Waals surface area contributed by atoms with Crippen molar-refractivity contribution in [3.8, 4) is 0 Å². The number of hydrogen-bond donors (Lipinski definition) is 1. The predicted octanol–water partition coefficient (Wildman–Crippen LogP) is 3.76. The van der Waals surface area contributed by atoms with Gasteiger partial charge >= 0.3 is 0 Å². The minimum atomic E-state index is 0.555. The van der Waals surface area contributed by atoms with E-state index in [0.717, 1.165) is 38.6 Å². The molecule has 3 rings (SSSR count). The predicted molar refractivity (Wildman–Crippen MR) is 121 cm³/mol. The van der Waals surface area contributed by atoms with Crippen molar-refractivity contribution in [3.63, 3.8) is 0 Å². The van der Waals surface area contributed by atoms with Gasteiger partial charge in [-0.1, -0.05) is 42.5 Å². The molecule has 156 valence electrons. The Balaban J connectivity index is 1.52. The summed E-state index contributed by atoms with van der Waals surface area (Å²) in [6.07, 6.45) is 1.15. The van der Waals surface area contributed by atoms with Gasteiger partial charge in [-0.25, -0.2) is 4.99 Å². The third-order valence-electron chi connectivity index (χ3n) is 5.22. The van der Waals surface area contributed by atoms with Crippen LogP contribution in [0.2, 0.25) is 0 Å². The van der Waals surface area contributed by atoms with Crippen molar-refractivity contribution in [1.82, 2.24) is 10.2 Å². The molecule has 0 radical (unpaired) electrons. The molecular formula is C24H34N4O. The van der Waals surface area contributed by atoms with E-state index in [1.807, 2.05) is 6.07 Å². The summed E-state index contributed by atoms with van der Waals surface area (Å²) >= 11 is 0. The summed E-state index contributed by atoms with van der Waals surface area (Å²) in [7, 11) is 4.13. The minimum absolute atomic E-state index is 0.555. The van der Waals surface area contributed by atoms with Gasteiger partial charge in [0.25, 0.3) is 0 Å². The van der Waals surface area contributed by atoms with Gasteiger partial charge in [-0.3, -0.25) is 0 Å². The summed E-state index contributed by atoms with van der Waals surface area (Å²) in [5.74, 6) is 1.56. The molecule has 1 saturated heterocycles. The van der Waals surface area contributed by atoms with Gasteiger partial charge in [-0.2, -0.15) is 0 Å². The fourth-order valence-corrected chi connectivity index (χ4v) is 3.60. The first kappa shape index (κ1) is 21.2. The third kappa shape index (κ3) is 6.50. The SMILES string of the molecule is CCNC(=NCc1cccc(N(C)C)c1)N1CCC(COCc2ccccc2)C1. The molecular weight excluding hydrogens is 360 g/mol. The average Bonchev–Trinajstić information content (AvgIpc) is 3.21. The van der Waals surface area contributed by atoms with E-state index in [1.54, 1.807) is 0 Å². The van der Waals surface area contributed by atoms with Crippen LogP contribution >= 0.6 is 0 Å². The summed E-state index contributed by atoms with van der Waals surface area (Å²) in [6, 6.07) is 19.0. The Hall–Kier alpha value is -2.53. The van der Waals surface area contributed by atoms with Gasteiger partial charge in [-0.05, 0) is 36.6 Å². The monoisotopic (exact) mass is 394 g/mol. The van der Waals surface area contributed by atoms with E-state index in [1.165, 1.54) is 16.8 Å². The van der Waals surface area contributed by atoms with Crippen molar-refractivity contribution in [2.24, 2.45) is 10.9 Å². The van der Waals surface area contributed by atoms with E-state index in [2.05, 4.69) is 84.7 Å². The van der Waals surface area contributed by atoms with Crippen LogP contribution < -0.4 is 10.2 Å². The maximum Gasteiger partial charge on any atom is 0.194 e. The number of benzene rings is 2. The number of rotatable bonds is 8. The molecule has 0 saturated carbocycles. The molecule has 0 bridgehead atoms. The second-order valence-electron chi connectivity index (χ2n) is 7.84. The molecule has 5 nitrogen and oxygen atoms in total. The molecule has 1 N–H and O–H groups in total. The first-order valence-electron chi connectivity index (χ1n) is 10.6. The number of nitrogens with one attached hydrogen (secondary N) is 1. The van der Waals surface area contributed by atoms with Gasteiger partial charge in [0.05, 0.1) is 19.8 Å². The summed E-state index contributed by atoms with van der Waals surface area (Å²) in [6.45, 7) is 7.21. The molecule has 5 heteroatoms. The highest BCUT2D eigenvalue weighted by molar-refractivity contribution is 5.80. The van der Waals surface area contributed by atoms with E-state index < -0.39 is 0 Å². The van der Waals surface area contributed by atoms with Gasteiger partial charge in [0.15, 0.2) is 5.96 Å². The van der Waals surface area contributed by atoms with Crippen molar-refractivity contribution in [3.05, 3.63) is 65.7 Å². The zero-order valence-electron chi connectivity index (χ0n) is 18.0. The number of likely N-dealkylation sites (tertiary alicyclic amines) is 1. The van der Waals surface area contributed by atoms with Gasteiger partial charge < -0.3 is 19.9 Å². The zero-order valence-corrected chi connectivity index (χ0v) is 18.0. The molecule has 1 heterocycles. The summed E-state index contributed by atoms with van der Waals surface area (Å²) in [5.41, 5.74) is 3.67. The number of aliphatic imine (C=N–C) groups is 1. The van der Waals surface area contributed by atoms with Crippen molar-refractivity contribution in [2.75, 3.05) is 45.2 Å². The molecule has 1 unspecified atom stereocenters. The Labute approximate surface area is 175 Å². The number of hydrogen-bond acceptors (Lipinski definition) is 3. The molecule has 2 aromatic carbocycles. The van der Waals surface area contributed by atoms with Crippen LogP contribution in [0.25, 0.3) is 0 Å². The summed E-state index contributed by atoms with van der Waals surface area (Å²) in [5, 5.41) is 3.46. The lowest BCUT2D eigenvalue weighted by molar-refractivity contribution is 0.0906. The van der Waals surface area contributed by atoms with Crippen molar-refractivity contribution < 1.29 is 4.74 Å². The van der Waals surface area contributed by atoms with E-state index in [-0.39, 0.29) is 0 Å². The van der Waals surface area contributed by atoms with Crippen LogP contribution in [0, 0.1) is 5.92 Å². The van der Waals surface area contributed by atoms with Gasteiger partial charge in [0, 0.05) is 45.3 Å². The smallest absolute Gasteiger partial charge is 0.194 e. The fourth-order valence-electron chi connectivity index (χ4n) is 3.60. The Morgan fingerprint density at radius 2 is 1.93 bits per heavy atom. The van der Waals surface area contributed by atoms with Crippen LogP contribution in [0.5, 0.6) is 0 Å². The first-order valence-corrected chi connectivity index (χ1v) is 10.6.